The molecular formula is C26H25BN2O2. The topological polar surface area (TPSA) is 55.6 Å². The molecule has 3 aromatic carbocycles. The number of ether oxygens (including phenoxy) is 1. The smallest absolute Gasteiger partial charge is 0.253 e. The summed E-state index contributed by atoms with van der Waals surface area (Å²) in [5, 5.41) is 0. The molecule has 2 aliphatic rings. The summed E-state index contributed by atoms with van der Waals surface area (Å²) in [7, 11) is 5.80. The van der Waals surface area contributed by atoms with E-state index in [2.05, 4.69) is 6.07 Å². The number of rotatable bonds is 3. The van der Waals surface area contributed by atoms with Crippen molar-refractivity contribution in [2.24, 2.45) is 5.73 Å². The summed E-state index contributed by atoms with van der Waals surface area (Å²) >= 11 is 0. The first-order valence-electron chi connectivity index (χ1n) is 10.8. The number of carbonyl (C=O) groups is 1. The molecule has 0 atom stereocenters. The van der Waals surface area contributed by atoms with Crippen molar-refractivity contribution in [3.05, 3.63) is 83.4 Å². The van der Waals surface area contributed by atoms with Gasteiger partial charge in [-0.05, 0) is 47.7 Å². The maximum Gasteiger partial charge on any atom is 0.253 e. The fourth-order valence-electron chi connectivity index (χ4n) is 4.78. The van der Waals surface area contributed by atoms with Gasteiger partial charge >= 0.3 is 0 Å². The molecule has 0 unspecified atom stereocenters. The monoisotopic (exact) mass is 408 g/mol. The molecule has 1 saturated heterocycles. The minimum Gasteiger partial charge on any atom is -0.492 e. The van der Waals surface area contributed by atoms with Gasteiger partial charge in [0.15, 0.2) is 0 Å². The van der Waals surface area contributed by atoms with Crippen LogP contribution in [0.5, 0.6) is 5.75 Å². The number of fused-ring (bicyclic) bond motifs is 2. The number of likely N-dealkylation sites (tertiary alicyclic amines) is 1. The average Bonchev–Trinajstić information content (AvgIpc) is 3.17. The predicted molar refractivity (Wildman–Crippen MR) is 124 cm³/mol. The van der Waals surface area contributed by atoms with Crippen molar-refractivity contribution in [1.82, 2.24) is 4.90 Å². The third kappa shape index (κ3) is 3.64. The lowest BCUT2D eigenvalue weighted by Crippen LogP contribution is -2.46. The number of carbonyl (C=O) groups excluding carboxylic acids is 1. The number of amides is 1. The van der Waals surface area contributed by atoms with Crippen LogP contribution in [0, 0.1) is 0 Å². The van der Waals surface area contributed by atoms with E-state index in [-0.39, 0.29) is 11.3 Å². The Morgan fingerprint density at radius 1 is 1.00 bits per heavy atom. The maximum absolute atomic E-state index is 13.2. The van der Waals surface area contributed by atoms with Crippen molar-refractivity contribution in [2.75, 3.05) is 19.7 Å². The molecule has 1 amide bonds. The minimum absolute atomic E-state index is 0.0108. The van der Waals surface area contributed by atoms with E-state index < -0.39 is 0 Å². The van der Waals surface area contributed by atoms with Crippen molar-refractivity contribution < 1.29 is 9.53 Å². The molecule has 5 rings (SSSR count). The molecule has 1 spiro atoms. The van der Waals surface area contributed by atoms with Crippen LogP contribution in [0.1, 0.15) is 34.3 Å². The van der Waals surface area contributed by atoms with Gasteiger partial charge in [-0.3, -0.25) is 4.79 Å². The zero-order valence-electron chi connectivity index (χ0n) is 17.5. The van der Waals surface area contributed by atoms with Crippen molar-refractivity contribution in [3.8, 4) is 16.9 Å². The Morgan fingerprint density at radius 2 is 1.77 bits per heavy atom. The first-order chi connectivity index (χ1) is 15.1. The van der Waals surface area contributed by atoms with Gasteiger partial charge in [-0.25, -0.2) is 0 Å². The van der Waals surface area contributed by atoms with Crippen LogP contribution in [0.15, 0.2) is 66.7 Å². The van der Waals surface area contributed by atoms with Crippen LogP contribution in [0.4, 0.5) is 0 Å². The summed E-state index contributed by atoms with van der Waals surface area (Å²) in [6.45, 7) is 2.66. The second-order valence-electron chi connectivity index (χ2n) is 8.60. The van der Waals surface area contributed by atoms with E-state index in [1.807, 2.05) is 65.6 Å². The van der Waals surface area contributed by atoms with Crippen molar-refractivity contribution in [2.45, 2.75) is 24.8 Å². The normalized spacial score (nSPS) is 16.7. The second-order valence-corrected chi connectivity index (χ2v) is 8.60. The summed E-state index contributed by atoms with van der Waals surface area (Å²) in [6.07, 6.45) is 1.80. The van der Waals surface area contributed by atoms with E-state index in [9.17, 15) is 4.79 Å². The molecule has 3 aromatic rings. The van der Waals surface area contributed by atoms with Crippen LogP contribution in [0.2, 0.25) is 0 Å². The molecule has 1 fully saturated rings. The molecule has 2 radical (unpaired) electrons. The summed E-state index contributed by atoms with van der Waals surface area (Å²) in [5.74, 6) is 1.05. The number of nitrogens with zero attached hydrogens (tertiary/aromatic N) is 1. The predicted octanol–water partition coefficient (Wildman–Crippen LogP) is 3.17. The van der Waals surface area contributed by atoms with E-state index in [0.29, 0.717) is 13.2 Å². The van der Waals surface area contributed by atoms with Gasteiger partial charge in [-0.15, -0.1) is 0 Å². The number of hydrogen-bond acceptors (Lipinski definition) is 3. The Hall–Kier alpha value is -3.05. The first kappa shape index (κ1) is 19.9. The molecule has 0 bridgehead atoms. The second kappa shape index (κ2) is 7.90. The standard InChI is InChI=1S/C26H25BN2O2/c27-22-7-5-19(6-8-22)20-2-1-3-21(15-20)25(30)29-12-10-26(11-13-29)17-31-24-9-4-18(16-28)14-23(24)26/h1-9,14-15H,10-13,16-17,28H2. The quantitative estimate of drug-likeness (QED) is 0.678. The highest BCUT2D eigenvalue weighted by Gasteiger charge is 2.43. The Morgan fingerprint density at radius 3 is 2.52 bits per heavy atom. The molecule has 5 heteroatoms. The largest absolute Gasteiger partial charge is 0.492 e. The van der Waals surface area contributed by atoms with Crippen LogP contribution < -0.4 is 15.9 Å². The molecule has 2 aliphatic heterocycles. The van der Waals surface area contributed by atoms with Gasteiger partial charge in [0, 0.05) is 36.2 Å². The number of piperidine rings is 1. The van der Waals surface area contributed by atoms with Crippen LogP contribution >= 0.6 is 0 Å². The van der Waals surface area contributed by atoms with Gasteiger partial charge in [0.2, 0.25) is 0 Å². The molecular weight excluding hydrogens is 383 g/mol. The fraction of sp³-hybridized carbons (Fsp3) is 0.269. The molecule has 154 valence electrons. The molecule has 0 saturated carbocycles. The lowest BCUT2D eigenvalue weighted by Gasteiger charge is -2.38. The van der Waals surface area contributed by atoms with Gasteiger partial charge < -0.3 is 15.4 Å². The molecule has 2 heterocycles. The van der Waals surface area contributed by atoms with Crippen LogP contribution in [-0.4, -0.2) is 38.3 Å². The van der Waals surface area contributed by atoms with Crippen LogP contribution in [0.3, 0.4) is 0 Å². The highest BCUT2D eigenvalue weighted by Crippen LogP contribution is 2.46. The average molecular weight is 408 g/mol. The lowest BCUT2D eigenvalue weighted by molar-refractivity contribution is 0.0646. The maximum atomic E-state index is 13.2. The minimum atomic E-state index is -0.0108. The SMILES string of the molecule is [B]c1ccc(-c2cccc(C(=O)N3CCC4(CC3)COc3ccc(CN)cc34)c2)cc1. The van der Waals surface area contributed by atoms with Gasteiger partial charge in [-0.2, -0.15) is 0 Å². The number of benzene rings is 3. The van der Waals surface area contributed by atoms with E-state index in [0.717, 1.165) is 59.4 Å². The van der Waals surface area contributed by atoms with Gasteiger partial charge in [0.25, 0.3) is 5.91 Å². The molecule has 0 aromatic heterocycles. The van der Waals surface area contributed by atoms with Crippen LogP contribution in [0.25, 0.3) is 11.1 Å². The van der Waals surface area contributed by atoms with Gasteiger partial charge in [-0.1, -0.05) is 54.0 Å². The molecule has 0 aliphatic carbocycles. The van der Waals surface area contributed by atoms with Gasteiger partial charge in [0.05, 0.1) is 6.61 Å². The fourth-order valence-corrected chi connectivity index (χ4v) is 4.78. The van der Waals surface area contributed by atoms with E-state index in [4.69, 9.17) is 18.3 Å². The van der Waals surface area contributed by atoms with E-state index >= 15 is 0 Å². The number of hydrogen-bond donors (Lipinski definition) is 1. The highest BCUT2D eigenvalue weighted by molar-refractivity contribution is 6.32. The zero-order chi connectivity index (χ0) is 21.4. The summed E-state index contributed by atoms with van der Waals surface area (Å²) in [5.41, 5.74) is 11.7. The van der Waals surface area contributed by atoms with Crippen molar-refractivity contribution in [3.63, 3.8) is 0 Å². The summed E-state index contributed by atoms with van der Waals surface area (Å²) in [6, 6.07) is 21.8. The Balaban J connectivity index is 1.33. The Bertz CT molecular complexity index is 1120. The van der Waals surface area contributed by atoms with Crippen LogP contribution in [-0.2, 0) is 12.0 Å². The summed E-state index contributed by atoms with van der Waals surface area (Å²) in [4.78, 5) is 15.2. The Labute approximate surface area is 184 Å². The molecule has 31 heavy (non-hydrogen) atoms. The van der Waals surface area contributed by atoms with Crippen molar-refractivity contribution in [1.29, 1.82) is 0 Å². The third-order valence-electron chi connectivity index (χ3n) is 6.72. The van der Waals surface area contributed by atoms with E-state index in [1.165, 1.54) is 5.56 Å². The Kier molecular flexibility index (Phi) is 5.07. The zero-order valence-corrected chi connectivity index (χ0v) is 17.5. The third-order valence-corrected chi connectivity index (χ3v) is 6.72. The molecule has 2 N–H and O–H groups in total. The molecule has 4 nitrogen and oxygen atoms in total. The lowest BCUT2D eigenvalue weighted by atomic mass is 9.74. The highest BCUT2D eigenvalue weighted by atomic mass is 16.5. The van der Waals surface area contributed by atoms with Gasteiger partial charge in [0.1, 0.15) is 13.6 Å². The summed E-state index contributed by atoms with van der Waals surface area (Å²) < 4.78 is 5.99. The van der Waals surface area contributed by atoms with Crippen molar-refractivity contribution >= 4 is 19.2 Å². The number of nitrogens with two attached hydrogens (primary N) is 1. The van der Waals surface area contributed by atoms with E-state index in [1.54, 1.807) is 0 Å². The first-order valence-corrected chi connectivity index (χ1v) is 10.8.